The number of aromatic nitrogens is 2. The summed E-state index contributed by atoms with van der Waals surface area (Å²) in [4.78, 5) is 22.2. The minimum absolute atomic E-state index is 0.0287. The van der Waals surface area contributed by atoms with E-state index in [4.69, 9.17) is 9.47 Å². The molecular weight excluding hydrogens is 368 g/mol. The minimum Gasteiger partial charge on any atom is -0.457 e. The number of hydrogen-bond acceptors (Lipinski definition) is 6. The van der Waals surface area contributed by atoms with Gasteiger partial charge in [-0.05, 0) is 49.7 Å². The standard InChI is InChI=1S/C22H22N4O3/c1-15-14-28-22(27)26(15)20-12-13-23-21(25-20)24-16(2)17-8-10-19(11-9-17)29-18-6-4-3-5-7-18/h3-13,15-16H,14H2,1-2H3,(H,23,24,25)/t15-,16+/m1/s1. The molecule has 29 heavy (non-hydrogen) atoms. The van der Waals surface area contributed by atoms with Crippen molar-refractivity contribution in [1.29, 1.82) is 0 Å². The van der Waals surface area contributed by atoms with Crippen LogP contribution in [0, 0.1) is 0 Å². The average molecular weight is 390 g/mol. The van der Waals surface area contributed by atoms with Crippen LogP contribution in [0.2, 0.25) is 0 Å². The third kappa shape index (κ3) is 4.29. The summed E-state index contributed by atoms with van der Waals surface area (Å²) in [5.74, 6) is 2.54. The topological polar surface area (TPSA) is 76.6 Å². The number of hydrogen-bond donors (Lipinski definition) is 1. The van der Waals surface area contributed by atoms with Crippen LogP contribution in [0.5, 0.6) is 11.5 Å². The molecule has 0 unspecified atom stereocenters. The summed E-state index contributed by atoms with van der Waals surface area (Å²) in [5, 5.41) is 3.28. The minimum atomic E-state index is -0.385. The molecule has 0 bridgehead atoms. The summed E-state index contributed by atoms with van der Waals surface area (Å²) in [5.41, 5.74) is 1.06. The summed E-state index contributed by atoms with van der Waals surface area (Å²) in [6, 6.07) is 19.1. The van der Waals surface area contributed by atoms with E-state index in [2.05, 4.69) is 15.3 Å². The molecule has 148 valence electrons. The van der Waals surface area contributed by atoms with Crippen LogP contribution in [0.1, 0.15) is 25.5 Å². The number of benzene rings is 2. The molecule has 7 heteroatoms. The molecule has 0 aliphatic carbocycles. The molecule has 1 N–H and O–H groups in total. The second-order valence-electron chi connectivity index (χ2n) is 6.88. The molecule has 1 amide bonds. The summed E-state index contributed by atoms with van der Waals surface area (Å²) < 4.78 is 10.9. The zero-order valence-corrected chi connectivity index (χ0v) is 16.3. The maximum absolute atomic E-state index is 11.9. The molecule has 0 saturated carbocycles. The lowest BCUT2D eigenvalue weighted by Gasteiger charge is -2.19. The van der Waals surface area contributed by atoms with E-state index in [-0.39, 0.29) is 18.2 Å². The quantitative estimate of drug-likeness (QED) is 0.652. The second kappa shape index (κ2) is 8.18. The maximum Gasteiger partial charge on any atom is 0.415 e. The van der Waals surface area contributed by atoms with Crippen LogP contribution in [0.4, 0.5) is 16.6 Å². The van der Waals surface area contributed by atoms with Crippen molar-refractivity contribution in [3.63, 3.8) is 0 Å². The van der Waals surface area contributed by atoms with Gasteiger partial charge in [-0.25, -0.2) is 9.78 Å². The van der Waals surface area contributed by atoms with Gasteiger partial charge in [-0.1, -0.05) is 30.3 Å². The van der Waals surface area contributed by atoms with Gasteiger partial charge < -0.3 is 14.8 Å². The van der Waals surface area contributed by atoms with Gasteiger partial charge in [0.15, 0.2) is 0 Å². The van der Waals surface area contributed by atoms with E-state index in [9.17, 15) is 4.79 Å². The van der Waals surface area contributed by atoms with E-state index in [1.54, 1.807) is 12.3 Å². The van der Waals surface area contributed by atoms with E-state index in [1.165, 1.54) is 4.90 Å². The van der Waals surface area contributed by atoms with E-state index in [0.717, 1.165) is 17.1 Å². The number of amides is 1. The predicted octanol–water partition coefficient (Wildman–Crippen LogP) is 4.79. The number of nitrogens with zero attached hydrogens (tertiary/aromatic N) is 3. The van der Waals surface area contributed by atoms with E-state index < -0.39 is 0 Å². The molecule has 2 heterocycles. The summed E-state index contributed by atoms with van der Waals surface area (Å²) in [6.45, 7) is 4.30. The van der Waals surface area contributed by atoms with Gasteiger partial charge in [0.05, 0.1) is 12.1 Å². The van der Waals surface area contributed by atoms with Crippen molar-refractivity contribution < 1.29 is 14.3 Å². The van der Waals surface area contributed by atoms with Gasteiger partial charge in [-0.15, -0.1) is 0 Å². The molecule has 7 nitrogen and oxygen atoms in total. The molecule has 1 aliphatic heterocycles. The van der Waals surface area contributed by atoms with Crippen molar-refractivity contribution in [2.75, 3.05) is 16.8 Å². The first-order valence-electron chi connectivity index (χ1n) is 9.48. The first-order chi connectivity index (χ1) is 14.1. The lowest BCUT2D eigenvalue weighted by atomic mass is 10.1. The first kappa shape index (κ1) is 18.7. The van der Waals surface area contributed by atoms with E-state index in [1.807, 2.05) is 68.4 Å². The molecule has 1 aromatic heterocycles. The van der Waals surface area contributed by atoms with Gasteiger partial charge in [0.1, 0.15) is 23.9 Å². The number of nitrogens with one attached hydrogen (secondary N) is 1. The Morgan fingerprint density at radius 1 is 1.10 bits per heavy atom. The van der Waals surface area contributed by atoms with Crippen LogP contribution in [0.3, 0.4) is 0 Å². The zero-order chi connectivity index (χ0) is 20.2. The largest absolute Gasteiger partial charge is 0.457 e. The SMILES string of the molecule is C[C@H](Nc1nccc(N2C(=O)OC[C@H]2C)n1)c1ccc(Oc2ccccc2)cc1. The molecule has 0 spiro atoms. The van der Waals surface area contributed by atoms with Gasteiger partial charge in [0.25, 0.3) is 0 Å². The number of anilines is 2. The molecular formula is C22H22N4O3. The third-order valence-electron chi connectivity index (χ3n) is 4.68. The third-order valence-corrected chi connectivity index (χ3v) is 4.68. The molecule has 1 fully saturated rings. The Hall–Kier alpha value is -3.61. The van der Waals surface area contributed by atoms with Crippen molar-refractivity contribution in [2.24, 2.45) is 0 Å². The first-order valence-corrected chi connectivity index (χ1v) is 9.48. The molecule has 2 atom stereocenters. The predicted molar refractivity (Wildman–Crippen MR) is 110 cm³/mol. The Labute approximate surface area is 169 Å². The molecule has 4 rings (SSSR count). The lowest BCUT2D eigenvalue weighted by molar-refractivity contribution is 0.179. The Kier molecular flexibility index (Phi) is 5.29. The highest BCUT2D eigenvalue weighted by Gasteiger charge is 2.32. The number of cyclic esters (lactones) is 1. The summed E-state index contributed by atoms with van der Waals surface area (Å²) in [7, 11) is 0. The maximum atomic E-state index is 11.9. The fourth-order valence-corrected chi connectivity index (χ4v) is 3.11. The number of para-hydroxylation sites is 1. The number of carbonyl (C=O) groups excluding carboxylic acids is 1. The van der Waals surface area contributed by atoms with Crippen molar-refractivity contribution in [3.8, 4) is 11.5 Å². The van der Waals surface area contributed by atoms with Crippen LogP contribution < -0.4 is 15.0 Å². The fraction of sp³-hybridized carbons (Fsp3) is 0.227. The van der Waals surface area contributed by atoms with Gasteiger partial charge in [0, 0.05) is 6.20 Å². The van der Waals surface area contributed by atoms with Crippen molar-refractivity contribution in [2.45, 2.75) is 25.9 Å². The fourth-order valence-electron chi connectivity index (χ4n) is 3.11. The van der Waals surface area contributed by atoms with Crippen molar-refractivity contribution >= 4 is 17.9 Å². The zero-order valence-electron chi connectivity index (χ0n) is 16.3. The lowest BCUT2D eigenvalue weighted by Crippen LogP contribution is -2.31. The van der Waals surface area contributed by atoms with Crippen LogP contribution in [-0.2, 0) is 4.74 Å². The number of rotatable bonds is 6. The summed E-state index contributed by atoms with van der Waals surface area (Å²) >= 11 is 0. The van der Waals surface area contributed by atoms with Gasteiger partial charge >= 0.3 is 6.09 Å². The molecule has 3 aromatic rings. The van der Waals surface area contributed by atoms with Gasteiger partial charge in [0.2, 0.25) is 5.95 Å². The highest BCUT2D eigenvalue weighted by atomic mass is 16.6. The Morgan fingerprint density at radius 3 is 2.52 bits per heavy atom. The average Bonchev–Trinajstić information content (AvgIpc) is 3.07. The normalized spacial score (nSPS) is 17.0. The number of carbonyl (C=O) groups is 1. The highest BCUT2D eigenvalue weighted by molar-refractivity contribution is 5.89. The number of ether oxygens (including phenoxy) is 2. The smallest absolute Gasteiger partial charge is 0.415 e. The Bertz CT molecular complexity index is 979. The molecule has 1 saturated heterocycles. The Morgan fingerprint density at radius 2 is 1.83 bits per heavy atom. The van der Waals surface area contributed by atoms with E-state index in [0.29, 0.717) is 18.4 Å². The molecule has 2 aromatic carbocycles. The van der Waals surface area contributed by atoms with Crippen LogP contribution in [-0.4, -0.2) is 28.7 Å². The Balaban J connectivity index is 1.43. The molecule has 0 radical (unpaired) electrons. The van der Waals surface area contributed by atoms with Crippen LogP contribution >= 0.6 is 0 Å². The highest BCUT2D eigenvalue weighted by Crippen LogP contribution is 2.25. The molecule has 1 aliphatic rings. The van der Waals surface area contributed by atoms with Gasteiger partial charge in [-0.3, -0.25) is 4.90 Å². The van der Waals surface area contributed by atoms with Gasteiger partial charge in [-0.2, -0.15) is 4.98 Å². The van der Waals surface area contributed by atoms with Crippen molar-refractivity contribution in [3.05, 3.63) is 72.4 Å². The van der Waals surface area contributed by atoms with Crippen LogP contribution in [0.25, 0.3) is 0 Å². The van der Waals surface area contributed by atoms with Crippen molar-refractivity contribution in [1.82, 2.24) is 9.97 Å². The second-order valence-corrected chi connectivity index (χ2v) is 6.88. The monoisotopic (exact) mass is 390 g/mol. The summed E-state index contributed by atoms with van der Waals surface area (Å²) in [6.07, 6.45) is 1.25. The van der Waals surface area contributed by atoms with E-state index >= 15 is 0 Å². The van der Waals surface area contributed by atoms with Crippen LogP contribution in [0.15, 0.2) is 66.9 Å².